The van der Waals surface area contributed by atoms with Crippen LogP contribution in [0.4, 0.5) is 18.9 Å². The Morgan fingerprint density at radius 3 is 2.33 bits per heavy atom. The number of primary amides is 1. The smallest absolute Gasteiger partial charge is 0.370 e. The number of hydrogen-bond acceptors (Lipinski definition) is 7. The van der Waals surface area contributed by atoms with Crippen molar-refractivity contribution >= 4 is 23.4 Å². The van der Waals surface area contributed by atoms with Gasteiger partial charge in [-0.05, 0) is 43.5 Å². The van der Waals surface area contributed by atoms with Crippen LogP contribution in [0.5, 0.6) is 0 Å². The summed E-state index contributed by atoms with van der Waals surface area (Å²) in [5, 5.41) is 5.22. The molecule has 10 nitrogen and oxygen atoms in total. The Balaban J connectivity index is 1.31. The second-order valence-corrected chi connectivity index (χ2v) is 9.61. The average molecular weight is 511 g/mol. The second-order valence-electron chi connectivity index (χ2n) is 9.61. The van der Waals surface area contributed by atoms with E-state index in [0.717, 1.165) is 12.1 Å². The van der Waals surface area contributed by atoms with Crippen molar-refractivity contribution in [3.8, 4) is 0 Å². The number of ether oxygens (including phenoxy) is 1. The monoisotopic (exact) mass is 510 g/mol. The molecule has 0 aromatic heterocycles. The SMILES string of the molecule is NC(=O)C1NN(c2ccc(C(F)(F)F)cc2)C2C(=O)N(C3CCN(N4CCOCC4=O)CC3)CCC12. The topological polar surface area (TPSA) is 111 Å². The van der Waals surface area contributed by atoms with Crippen LogP contribution in [0.15, 0.2) is 24.3 Å². The van der Waals surface area contributed by atoms with Gasteiger partial charge in [0.05, 0.1) is 24.4 Å². The van der Waals surface area contributed by atoms with Crippen LogP contribution in [0.1, 0.15) is 24.8 Å². The van der Waals surface area contributed by atoms with Gasteiger partial charge >= 0.3 is 6.18 Å². The number of alkyl halides is 3. The summed E-state index contributed by atoms with van der Waals surface area (Å²) in [5.41, 5.74) is 8.14. The summed E-state index contributed by atoms with van der Waals surface area (Å²) in [7, 11) is 0. The van der Waals surface area contributed by atoms with E-state index in [-0.39, 0.29) is 30.4 Å². The number of morpholine rings is 1. The van der Waals surface area contributed by atoms with Crippen molar-refractivity contribution in [2.24, 2.45) is 11.7 Å². The molecule has 0 bridgehead atoms. The Kier molecular flexibility index (Phi) is 6.55. The molecule has 36 heavy (non-hydrogen) atoms. The number of likely N-dealkylation sites (tertiary alicyclic amines) is 1. The average Bonchev–Trinajstić information content (AvgIpc) is 3.25. The lowest BCUT2D eigenvalue weighted by atomic mass is 9.84. The van der Waals surface area contributed by atoms with E-state index in [0.29, 0.717) is 57.7 Å². The third kappa shape index (κ3) is 4.50. The Morgan fingerprint density at radius 2 is 1.72 bits per heavy atom. The first-order valence-corrected chi connectivity index (χ1v) is 12.1. The molecule has 5 rings (SSSR count). The molecule has 0 spiro atoms. The molecule has 3 N–H and O–H groups in total. The lowest BCUT2D eigenvalue weighted by Crippen LogP contribution is -2.61. The largest absolute Gasteiger partial charge is 0.416 e. The van der Waals surface area contributed by atoms with Crippen LogP contribution < -0.4 is 16.2 Å². The lowest BCUT2D eigenvalue weighted by Gasteiger charge is -2.46. The standard InChI is InChI=1S/C23H29F3N6O4/c24-23(25,26)14-1-3-16(4-2-14)32-20-17(19(28-32)21(27)34)7-10-30(22(20)35)15-5-8-29(9-6-15)31-11-12-36-13-18(31)33/h1-4,15,17,19-20,28H,5-13H2,(H2,27,34). The predicted octanol–water partition coefficient (Wildman–Crippen LogP) is 0.339. The van der Waals surface area contributed by atoms with E-state index in [9.17, 15) is 27.6 Å². The van der Waals surface area contributed by atoms with Crippen LogP contribution in [0.2, 0.25) is 0 Å². The van der Waals surface area contributed by atoms with Crippen LogP contribution in [0.3, 0.4) is 0 Å². The molecule has 196 valence electrons. The molecule has 1 aromatic carbocycles. The van der Waals surface area contributed by atoms with Crippen molar-refractivity contribution in [1.82, 2.24) is 20.3 Å². The molecule has 4 saturated heterocycles. The van der Waals surface area contributed by atoms with Crippen molar-refractivity contribution in [3.05, 3.63) is 29.8 Å². The van der Waals surface area contributed by atoms with Crippen LogP contribution >= 0.6 is 0 Å². The highest BCUT2D eigenvalue weighted by Gasteiger charge is 2.53. The first-order valence-electron chi connectivity index (χ1n) is 12.1. The van der Waals surface area contributed by atoms with E-state index >= 15 is 0 Å². The van der Waals surface area contributed by atoms with Gasteiger partial charge in [-0.15, -0.1) is 0 Å². The fraction of sp³-hybridized carbons (Fsp3) is 0.609. The molecule has 4 aliphatic heterocycles. The normalized spacial score (nSPS) is 28.5. The minimum atomic E-state index is -4.48. The molecule has 0 saturated carbocycles. The number of nitrogens with two attached hydrogens (primary N) is 1. The zero-order valence-corrected chi connectivity index (χ0v) is 19.6. The van der Waals surface area contributed by atoms with E-state index in [1.807, 2.05) is 9.91 Å². The number of fused-ring (bicyclic) bond motifs is 1. The Labute approximate surface area is 206 Å². The number of carbonyl (C=O) groups excluding carboxylic acids is 3. The fourth-order valence-corrected chi connectivity index (χ4v) is 5.78. The molecule has 4 fully saturated rings. The summed E-state index contributed by atoms with van der Waals surface area (Å²) in [6, 6.07) is 2.91. The zero-order valence-electron chi connectivity index (χ0n) is 19.6. The van der Waals surface area contributed by atoms with Gasteiger partial charge in [-0.25, -0.2) is 10.4 Å². The number of halogens is 3. The summed E-state index contributed by atoms with van der Waals surface area (Å²) in [4.78, 5) is 39.9. The molecule has 3 atom stereocenters. The number of piperidine rings is 2. The van der Waals surface area contributed by atoms with Gasteiger partial charge < -0.3 is 15.4 Å². The third-order valence-corrected chi connectivity index (χ3v) is 7.59. The number of rotatable bonds is 4. The molecule has 3 amide bonds. The van der Waals surface area contributed by atoms with Gasteiger partial charge in [-0.3, -0.25) is 24.4 Å². The summed E-state index contributed by atoms with van der Waals surface area (Å²) in [5.74, 6) is -1.25. The van der Waals surface area contributed by atoms with Crippen molar-refractivity contribution < 1.29 is 32.3 Å². The second kappa shape index (κ2) is 9.52. The van der Waals surface area contributed by atoms with E-state index < -0.39 is 29.7 Å². The predicted molar refractivity (Wildman–Crippen MR) is 121 cm³/mol. The van der Waals surface area contributed by atoms with Crippen LogP contribution in [0.25, 0.3) is 0 Å². The molecule has 0 radical (unpaired) electrons. The number of benzene rings is 1. The first-order chi connectivity index (χ1) is 17.1. The third-order valence-electron chi connectivity index (χ3n) is 7.59. The van der Waals surface area contributed by atoms with Crippen LogP contribution in [-0.2, 0) is 25.3 Å². The maximum absolute atomic E-state index is 13.7. The highest BCUT2D eigenvalue weighted by molar-refractivity contribution is 5.91. The summed E-state index contributed by atoms with van der Waals surface area (Å²) < 4.78 is 44.3. The number of carbonyl (C=O) groups is 3. The number of nitrogens with one attached hydrogen (secondary N) is 1. The molecule has 1 aromatic rings. The molecule has 3 unspecified atom stereocenters. The van der Waals surface area contributed by atoms with Crippen molar-refractivity contribution in [3.63, 3.8) is 0 Å². The molecular formula is C23H29F3N6O4. The van der Waals surface area contributed by atoms with Gasteiger partial charge in [0.15, 0.2) is 0 Å². The summed E-state index contributed by atoms with van der Waals surface area (Å²) >= 11 is 0. The molecule has 0 aliphatic carbocycles. The summed E-state index contributed by atoms with van der Waals surface area (Å²) in [6.45, 7) is 2.79. The first kappa shape index (κ1) is 24.8. The van der Waals surface area contributed by atoms with E-state index in [1.54, 1.807) is 5.01 Å². The van der Waals surface area contributed by atoms with Gasteiger partial charge in [0.25, 0.3) is 5.91 Å². The number of hydrazine groups is 2. The van der Waals surface area contributed by atoms with Crippen LogP contribution in [-0.4, -0.2) is 90.2 Å². The fourth-order valence-electron chi connectivity index (χ4n) is 5.78. The minimum Gasteiger partial charge on any atom is -0.370 e. The highest BCUT2D eigenvalue weighted by atomic mass is 19.4. The number of hydrogen-bond donors (Lipinski definition) is 2. The van der Waals surface area contributed by atoms with E-state index in [2.05, 4.69) is 5.43 Å². The number of nitrogens with zero attached hydrogens (tertiary/aromatic N) is 4. The van der Waals surface area contributed by atoms with Crippen molar-refractivity contribution in [2.45, 2.75) is 43.6 Å². The number of anilines is 1. The van der Waals surface area contributed by atoms with Crippen molar-refractivity contribution in [2.75, 3.05) is 44.4 Å². The maximum Gasteiger partial charge on any atom is 0.416 e. The minimum absolute atomic E-state index is 0.0343. The van der Waals surface area contributed by atoms with E-state index in [4.69, 9.17) is 10.5 Å². The molecule has 4 aliphatic rings. The highest BCUT2D eigenvalue weighted by Crippen LogP contribution is 2.37. The quantitative estimate of drug-likeness (QED) is 0.601. The summed E-state index contributed by atoms with van der Waals surface area (Å²) in [6.07, 6.45) is -2.58. The van der Waals surface area contributed by atoms with Crippen LogP contribution in [0, 0.1) is 5.92 Å². The molecular weight excluding hydrogens is 481 g/mol. The lowest BCUT2D eigenvalue weighted by molar-refractivity contribution is -0.169. The molecule has 4 heterocycles. The number of amides is 3. The van der Waals surface area contributed by atoms with Gasteiger partial charge in [0.2, 0.25) is 11.8 Å². The Morgan fingerprint density at radius 1 is 1.03 bits per heavy atom. The Hall–Kier alpha value is -2.90. The molecule has 13 heteroatoms. The zero-order chi connectivity index (χ0) is 25.6. The van der Waals surface area contributed by atoms with Gasteiger partial charge in [0.1, 0.15) is 18.7 Å². The van der Waals surface area contributed by atoms with Gasteiger partial charge in [0, 0.05) is 31.6 Å². The van der Waals surface area contributed by atoms with Gasteiger partial charge in [-0.2, -0.15) is 13.2 Å². The maximum atomic E-state index is 13.7. The van der Waals surface area contributed by atoms with Gasteiger partial charge in [-0.1, -0.05) is 0 Å². The van der Waals surface area contributed by atoms with Crippen molar-refractivity contribution in [1.29, 1.82) is 0 Å². The van der Waals surface area contributed by atoms with E-state index in [1.165, 1.54) is 17.1 Å². The Bertz CT molecular complexity index is 1010.